The number of hydrogen-bond donors (Lipinski definition) is 3. The zero-order chi connectivity index (χ0) is 15.6. The van der Waals surface area contributed by atoms with Crippen LogP contribution in [0.3, 0.4) is 0 Å². The predicted molar refractivity (Wildman–Crippen MR) is 86.1 cm³/mol. The standard InChI is InChI=1S/C14H11Br2NO4/c1-21-13-6-12(10(15)5-11(13)16)17-14(20)7-2-8(18)4-9(19)3-7/h2-6,18-19H,1H3,(H,17,20). The highest BCUT2D eigenvalue weighted by Crippen LogP contribution is 2.35. The molecule has 3 N–H and O–H groups in total. The number of ether oxygens (including phenoxy) is 1. The van der Waals surface area contributed by atoms with Crippen molar-refractivity contribution in [3.63, 3.8) is 0 Å². The molecule has 2 aromatic rings. The van der Waals surface area contributed by atoms with Gasteiger partial charge in [-0.25, -0.2) is 0 Å². The van der Waals surface area contributed by atoms with Gasteiger partial charge in [-0.05, 0) is 50.1 Å². The number of anilines is 1. The van der Waals surface area contributed by atoms with Gasteiger partial charge in [0.15, 0.2) is 0 Å². The van der Waals surface area contributed by atoms with Crippen LogP contribution in [0.4, 0.5) is 5.69 Å². The molecule has 5 nitrogen and oxygen atoms in total. The van der Waals surface area contributed by atoms with Crippen LogP contribution in [0.25, 0.3) is 0 Å². The zero-order valence-electron chi connectivity index (χ0n) is 10.9. The van der Waals surface area contributed by atoms with Crippen LogP contribution in [0, 0.1) is 0 Å². The molecule has 0 aliphatic rings. The van der Waals surface area contributed by atoms with Gasteiger partial charge in [-0.1, -0.05) is 0 Å². The first-order valence-corrected chi connectivity index (χ1v) is 7.36. The van der Waals surface area contributed by atoms with Gasteiger partial charge in [0.1, 0.15) is 17.2 Å². The van der Waals surface area contributed by atoms with Crippen molar-refractivity contribution in [3.05, 3.63) is 44.8 Å². The molecule has 0 spiro atoms. The maximum absolute atomic E-state index is 12.1. The van der Waals surface area contributed by atoms with Gasteiger partial charge >= 0.3 is 0 Å². The zero-order valence-corrected chi connectivity index (χ0v) is 14.0. The molecule has 7 heteroatoms. The van der Waals surface area contributed by atoms with Crippen LogP contribution in [-0.4, -0.2) is 23.2 Å². The number of aromatic hydroxyl groups is 2. The van der Waals surface area contributed by atoms with E-state index in [4.69, 9.17) is 4.74 Å². The Hall–Kier alpha value is -1.73. The Morgan fingerprint density at radius 3 is 2.24 bits per heavy atom. The number of rotatable bonds is 3. The van der Waals surface area contributed by atoms with E-state index in [1.54, 1.807) is 12.1 Å². The fraction of sp³-hybridized carbons (Fsp3) is 0.0714. The van der Waals surface area contributed by atoms with E-state index in [9.17, 15) is 15.0 Å². The summed E-state index contributed by atoms with van der Waals surface area (Å²) in [7, 11) is 1.52. The first kappa shape index (κ1) is 15.7. The van der Waals surface area contributed by atoms with E-state index in [0.29, 0.717) is 15.9 Å². The van der Waals surface area contributed by atoms with Crippen molar-refractivity contribution >= 4 is 43.5 Å². The Balaban J connectivity index is 2.31. The topological polar surface area (TPSA) is 78.8 Å². The number of hydrogen-bond acceptors (Lipinski definition) is 4. The van der Waals surface area contributed by atoms with Crippen molar-refractivity contribution in [2.45, 2.75) is 0 Å². The number of amides is 1. The number of benzene rings is 2. The fourth-order valence-corrected chi connectivity index (χ4v) is 2.96. The number of carbonyl (C=O) groups excluding carboxylic acids is 1. The van der Waals surface area contributed by atoms with Crippen LogP contribution < -0.4 is 10.1 Å². The van der Waals surface area contributed by atoms with Gasteiger partial charge in [0.2, 0.25) is 0 Å². The minimum Gasteiger partial charge on any atom is -0.508 e. The molecule has 0 aromatic heterocycles. The predicted octanol–water partition coefficient (Wildman–Crippen LogP) is 3.88. The summed E-state index contributed by atoms with van der Waals surface area (Å²) in [5.41, 5.74) is 0.643. The van der Waals surface area contributed by atoms with Crippen molar-refractivity contribution in [1.29, 1.82) is 0 Å². The van der Waals surface area contributed by atoms with Gasteiger partial charge < -0.3 is 20.3 Å². The minimum absolute atomic E-state index is 0.140. The van der Waals surface area contributed by atoms with Gasteiger partial charge in [0, 0.05) is 22.2 Å². The normalized spacial score (nSPS) is 10.2. The molecular weight excluding hydrogens is 406 g/mol. The lowest BCUT2D eigenvalue weighted by atomic mass is 10.2. The van der Waals surface area contributed by atoms with E-state index in [1.807, 2.05) is 0 Å². The van der Waals surface area contributed by atoms with Crippen molar-refractivity contribution < 1.29 is 19.7 Å². The summed E-state index contributed by atoms with van der Waals surface area (Å²) >= 11 is 6.68. The highest BCUT2D eigenvalue weighted by atomic mass is 79.9. The number of halogens is 2. The number of nitrogens with one attached hydrogen (secondary N) is 1. The highest BCUT2D eigenvalue weighted by molar-refractivity contribution is 9.11. The Morgan fingerprint density at radius 1 is 1.05 bits per heavy atom. The van der Waals surface area contributed by atoms with Gasteiger partial charge in [-0.3, -0.25) is 4.79 Å². The molecule has 0 saturated carbocycles. The van der Waals surface area contributed by atoms with Crippen molar-refractivity contribution in [1.82, 2.24) is 0 Å². The summed E-state index contributed by atoms with van der Waals surface area (Å²) in [5.74, 6) is -0.279. The quantitative estimate of drug-likeness (QED) is 0.709. The lowest BCUT2D eigenvalue weighted by Crippen LogP contribution is -2.12. The summed E-state index contributed by atoms with van der Waals surface area (Å²) < 4.78 is 6.57. The molecule has 0 fully saturated rings. The van der Waals surface area contributed by atoms with Crippen molar-refractivity contribution in [2.75, 3.05) is 12.4 Å². The van der Waals surface area contributed by atoms with E-state index in [2.05, 4.69) is 37.2 Å². The number of carbonyl (C=O) groups is 1. The summed E-state index contributed by atoms with van der Waals surface area (Å²) in [5, 5.41) is 21.5. The van der Waals surface area contributed by atoms with Gasteiger partial charge in [0.05, 0.1) is 17.3 Å². The summed E-state index contributed by atoms with van der Waals surface area (Å²) in [6.45, 7) is 0. The van der Waals surface area contributed by atoms with E-state index < -0.39 is 5.91 Å². The molecule has 2 aromatic carbocycles. The third-order valence-electron chi connectivity index (χ3n) is 2.65. The molecule has 0 heterocycles. The number of phenols is 2. The molecule has 0 aliphatic heterocycles. The second-order valence-corrected chi connectivity index (χ2v) is 5.87. The molecule has 0 unspecified atom stereocenters. The van der Waals surface area contributed by atoms with Crippen LogP contribution in [-0.2, 0) is 0 Å². The van der Waals surface area contributed by atoms with Gasteiger partial charge in [-0.15, -0.1) is 0 Å². The summed E-state index contributed by atoms with van der Waals surface area (Å²) in [6, 6.07) is 7.07. The Bertz CT molecular complexity index is 683. The smallest absolute Gasteiger partial charge is 0.255 e. The van der Waals surface area contributed by atoms with E-state index in [0.717, 1.165) is 10.5 Å². The molecule has 0 saturated heterocycles. The van der Waals surface area contributed by atoms with E-state index >= 15 is 0 Å². The van der Waals surface area contributed by atoms with Crippen LogP contribution in [0.5, 0.6) is 17.2 Å². The molecule has 0 atom stereocenters. The summed E-state index contributed by atoms with van der Waals surface area (Å²) in [6.07, 6.45) is 0. The average molecular weight is 417 g/mol. The molecule has 0 bridgehead atoms. The molecule has 0 aliphatic carbocycles. The van der Waals surface area contributed by atoms with Gasteiger partial charge in [-0.2, -0.15) is 0 Å². The summed E-state index contributed by atoms with van der Waals surface area (Å²) in [4.78, 5) is 12.1. The maximum Gasteiger partial charge on any atom is 0.255 e. The Kier molecular flexibility index (Phi) is 4.74. The molecule has 110 valence electrons. The van der Waals surface area contributed by atoms with Crippen LogP contribution >= 0.6 is 31.9 Å². The monoisotopic (exact) mass is 415 g/mol. The van der Waals surface area contributed by atoms with Crippen molar-refractivity contribution in [3.8, 4) is 17.2 Å². The van der Waals surface area contributed by atoms with Crippen LogP contribution in [0.1, 0.15) is 10.4 Å². The molecule has 1 amide bonds. The minimum atomic E-state index is -0.466. The Labute approximate surface area is 137 Å². The molecular formula is C14H11Br2NO4. The van der Waals surface area contributed by atoms with Crippen LogP contribution in [0.2, 0.25) is 0 Å². The largest absolute Gasteiger partial charge is 0.508 e. The lowest BCUT2D eigenvalue weighted by molar-refractivity contribution is 0.102. The second-order valence-electron chi connectivity index (χ2n) is 4.16. The van der Waals surface area contributed by atoms with E-state index in [-0.39, 0.29) is 17.1 Å². The number of phenolic OH excluding ortho intramolecular Hbond substituents is 2. The first-order chi connectivity index (χ1) is 9.90. The maximum atomic E-state index is 12.1. The average Bonchev–Trinajstić information content (AvgIpc) is 2.40. The van der Waals surface area contributed by atoms with E-state index in [1.165, 1.54) is 19.2 Å². The van der Waals surface area contributed by atoms with Gasteiger partial charge in [0.25, 0.3) is 5.91 Å². The lowest BCUT2D eigenvalue weighted by Gasteiger charge is -2.11. The second kappa shape index (κ2) is 6.36. The molecule has 21 heavy (non-hydrogen) atoms. The van der Waals surface area contributed by atoms with Crippen LogP contribution in [0.15, 0.2) is 39.3 Å². The molecule has 0 radical (unpaired) electrons. The van der Waals surface area contributed by atoms with Crippen molar-refractivity contribution in [2.24, 2.45) is 0 Å². The third-order valence-corrected chi connectivity index (χ3v) is 3.93. The molecule has 2 rings (SSSR count). The number of methoxy groups -OCH3 is 1. The first-order valence-electron chi connectivity index (χ1n) is 5.78. The SMILES string of the molecule is COc1cc(NC(=O)c2cc(O)cc(O)c2)c(Br)cc1Br. The fourth-order valence-electron chi connectivity index (χ4n) is 1.70. The third kappa shape index (κ3) is 3.68. The Morgan fingerprint density at radius 2 is 1.67 bits per heavy atom. The highest BCUT2D eigenvalue weighted by Gasteiger charge is 2.13.